The molecule has 2 aliphatic heterocycles. The van der Waals surface area contributed by atoms with E-state index in [2.05, 4.69) is 34.0 Å². The van der Waals surface area contributed by atoms with Gasteiger partial charge in [0.1, 0.15) is 0 Å². The molecule has 0 saturated carbocycles. The van der Waals surface area contributed by atoms with Gasteiger partial charge in [-0.25, -0.2) is 5.43 Å². The number of hydrogen-bond donors (Lipinski definition) is 2. The lowest BCUT2D eigenvalue weighted by Gasteiger charge is -2.36. The first kappa shape index (κ1) is 17.9. The van der Waals surface area contributed by atoms with Gasteiger partial charge in [0.25, 0.3) is 0 Å². The Bertz CT molecular complexity index is 745. The SMILES string of the molecule is O=C(C1CNNC1c1ccccc1)N1CCN(Cc2ccc(Cl)s2)CC1. The van der Waals surface area contributed by atoms with E-state index in [0.717, 1.165) is 42.6 Å². The van der Waals surface area contributed by atoms with Crippen molar-refractivity contribution < 1.29 is 4.79 Å². The fourth-order valence-electron chi connectivity index (χ4n) is 3.72. The fourth-order valence-corrected chi connectivity index (χ4v) is 4.85. The summed E-state index contributed by atoms with van der Waals surface area (Å²) < 4.78 is 0.835. The standard InChI is InChI=1S/C19H23ClN4OS/c20-17-7-6-15(26-17)13-23-8-10-24(11-9-23)19(25)16-12-21-22-18(16)14-4-2-1-3-5-14/h1-7,16,18,21-22H,8-13H2. The maximum absolute atomic E-state index is 13.1. The highest BCUT2D eigenvalue weighted by molar-refractivity contribution is 7.16. The second kappa shape index (κ2) is 8.06. The van der Waals surface area contributed by atoms with E-state index in [1.165, 1.54) is 4.88 Å². The van der Waals surface area contributed by atoms with Crippen LogP contribution in [0.2, 0.25) is 4.34 Å². The fraction of sp³-hybridized carbons (Fsp3) is 0.421. The maximum atomic E-state index is 13.1. The summed E-state index contributed by atoms with van der Waals surface area (Å²) in [6, 6.07) is 14.3. The molecule has 1 aromatic carbocycles. The topological polar surface area (TPSA) is 47.6 Å². The lowest BCUT2D eigenvalue weighted by molar-refractivity contribution is -0.137. The van der Waals surface area contributed by atoms with Crippen LogP contribution < -0.4 is 10.9 Å². The van der Waals surface area contributed by atoms with Crippen LogP contribution in [0.5, 0.6) is 0 Å². The zero-order valence-corrected chi connectivity index (χ0v) is 16.1. The Morgan fingerprint density at radius 3 is 2.58 bits per heavy atom. The Morgan fingerprint density at radius 1 is 1.12 bits per heavy atom. The molecule has 2 atom stereocenters. The van der Waals surface area contributed by atoms with Crippen molar-refractivity contribution >= 4 is 28.8 Å². The van der Waals surface area contributed by atoms with Gasteiger partial charge in [0.2, 0.25) is 5.91 Å². The van der Waals surface area contributed by atoms with E-state index in [4.69, 9.17) is 11.6 Å². The number of rotatable bonds is 4. The molecule has 2 N–H and O–H groups in total. The van der Waals surface area contributed by atoms with Gasteiger partial charge in [0.15, 0.2) is 0 Å². The minimum absolute atomic E-state index is 0.0370. The number of halogens is 1. The van der Waals surface area contributed by atoms with Crippen LogP contribution in [0.1, 0.15) is 16.5 Å². The molecule has 7 heteroatoms. The van der Waals surface area contributed by atoms with Crippen LogP contribution in [-0.2, 0) is 11.3 Å². The largest absolute Gasteiger partial charge is 0.340 e. The second-order valence-electron chi connectivity index (χ2n) is 6.83. The highest BCUT2D eigenvalue weighted by atomic mass is 35.5. The molecule has 138 valence electrons. The number of benzene rings is 1. The number of hydrogen-bond acceptors (Lipinski definition) is 5. The second-order valence-corrected chi connectivity index (χ2v) is 8.63. The zero-order valence-electron chi connectivity index (χ0n) is 14.5. The number of carbonyl (C=O) groups excluding carboxylic acids is 1. The normalized spacial score (nSPS) is 24.1. The van der Waals surface area contributed by atoms with Crippen molar-refractivity contribution in [2.24, 2.45) is 5.92 Å². The van der Waals surface area contributed by atoms with Gasteiger partial charge in [-0.15, -0.1) is 11.3 Å². The Morgan fingerprint density at radius 2 is 1.88 bits per heavy atom. The van der Waals surface area contributed by atoms with E-state index in [1.54, 1.807) is 11.3 Å². The lowest BCUT2D eigenvalue weighted by Crippen LogP contribution is -2.50. The van der Waals surface area contributed by atoms with Gasteiger partial charge in [0.05, 0.1) is 16.3 Å². The van der Waals surface area contributed by atoms with Gasteiger partial charge >= 0.3 is 0 Å². The van der Waals surface area contributed by atoms with Crippen LogP contribution in [0.15, 0.2) is 42.5 Å². The van der Waals surface area contributed by atoms with Crippen LogP contribution in [0.3, 0.4) is 0 Å². The molecule has 2 aliphatic rings. The molecule has 26 heavy (non-hydrogen) atoms. The van der Waals surface area contributed by atoms with E-state index >= 15 is 0 Å². The zero-order chi connectivity index (χ0) is 17.9. The van der Waals surface area contributed by atoms with E-state index in [9.17, 15) is 4.79 Å². The summed E-state index contributed by atoms with van der Waals surface area (Å²) in [7, 11) is 0. The monoisotopic (exact) mass is 390 g/mol. The first-order valence-electron chi connectivity index (χ1n) is 8.99. The summed E-state index contributed by atoms with van der Waals surface area (Å²) in [6.45, 7) is 4.98. The number of thiophene rings is 1. The third kappa shape index (κ3) is 3.94. The van der Waals surface area contributed by atoms with E-state index in [1.807, 2.05) is 29.2 Å². The molecule has 0 radical (unpaired) electrons. The van der Waals surface area contributed by atoms with Crippen LogP contribution >= 0.6 is 22.9 Å². The van der Waals surface area contributed by atoms with Crippen LogP contribution in [0.4, 0.5) is 0 Å². The van der Waals surface area contributed by atoms with Gasteiger partial charge in [-0.1, -0.05) is 41.9 Å². The molecule has 5 nitrogen and oxygen atoms in total. The summed E-state index contributed by atoms with van der Waals surface area (Å²) in [5.41, 5.74) is 7.59. The summed E-state index contributed by atoms with van der Waals surface area (Å²) in [5.74, 6) is 0.190. The van der Waals surface area contributed by atoms with E-state index in [0.29, 0.717) is 6.54 Å². The number of carbonyl (C=O) groups is 1. The van der Waals surface area contributed by atoms with Crippen molar-refractivity contribution in [1.29, 1.82) is 0 Å². The minimum atomic E-state index is -0.0555. The molecule has 2 saturated heterocycles. The highest BCUT2D eigenvalue weighted by Crippen LogP contribution is 2.27. The Balaban J connectivity index is 1.34. The first-order valence-corrected chi connectivity index (χ1v) is 10.2. The van der Waals surface area contributed by atoms with Crippen LogP contribution in [-0.4, -0.2) is 48.4 Å². The van der Waals surface area contributed by atoms with Crippen molar-refractivity contribution in [3.63, 3.8) is 0 Å². The van der Waals surface area contributed by atoms with Crippen molar-refractivity contribution in [1.82, 2.24) is 20.7 Å². The van der Waals surface area contributed by atoms with E-state index in [-0.39, 0.29) is 17.9 Å². The predicted octanol–water partition coefficient (Wildman–Crippen LogP) is 2.51. The first-order chi connectivity index (χ1) is 12.7. The average Bonchev–Trinajstić information content (AvgIpc) is 3.32. The Kier molecular flexibility index (Phi) is 5.57. The third-order valence-corrected chi connectivity index (χ3v) is 6.37. The van der Waals surface area contributed by atoms with Gasteiger partial charge in [-0.2, -0.15) is 0 Å². The van der Waals surface area contributed by atoms with Gasteiger partial charge in [-0.05, 0) is 17.7 Å². The molecule has 0 aliphatic carbocycles. The molecule has 2 fully saturated rings. The molecule has 1 aromatic heterocycles. The molecule has 3 heterocycles. The molecular formula is C19H23ClN4OS. The highest BCUT2D eigenvalue weighted by Gasteiger charge is 2.37. The lowest BCUT2D eigenvalue weighted by atomic mass is 9.93. The maximum Gasteiger partial charge on any atom is 0.229 e. The van der Waals surface area contributed by atoms with Crippen LogP contribution in [0, 0.1) is 5.92 Å². The molecular weight excluding hydrogens is 368 g/mol. The molecule has 0 spiro atoms. The summed E-state index contributed by atoms with van der Waals surface area (Å²) in [5, 5.41) is 0. The smallest absolute Gasteiger partial charge is 0.229 e. The van der Waals surface area contributed by atoms with E-state index < -0.39 is 0 Å². The molecule has 4 rings (SSSR count). The van der Waals surface area contributed by atoms with Crippen molar-refractivity contribution in [3.05, 3.63) is 57.2 Å². The molecule has 2 unspecified atom stereocenters. The van der Waals surface area contributed by atoms with Crippen molar-refractivity contribution in [3.8, 4) is 0 Å². The number of nitrogens with one attached hydrogen (secondary N) is 2. The van der Waals surface area contributed by atoms with Crippen molar-refractivity contribution in [2.75, 3.05) is 32.7 Å². The molecule has 1 amide bonds. The number of amides is 1. The number of nitrogens with zero attached hydrogens (tertiary/aromatic N) is 2. The van der Waals surface area contributed by atoms with Gasteiger partial charge in [0, 0.05) is 44.1 Å². The average molecular weight is 391 g/mol. The minimum Gasteiger partial charge on any atom is -0.340 e. The summed E-state index contributed by atoms with van der Waals surface area (Å²) in [6.07, 6.45) is 0. The quantitative estimate of drug-likeness (QED) is 0.842. The Hall–Kier alpha value is -1.44. The summed E-state index contributed by atoms with van der Waals surface area (Å²) >= 11 is 7.65. The van der Waals surface area contributed by atoms with Crippen molar-refractivity contribution in [2.45, 2.75) is 12.6 Å². The van der Waals surface area contributed by atoms with Crippen LogP contribution in [0.25, 0.3) is 0 Å². The number of piperazine rings is 1. The molecule has 2 aromatic rings. The Labute approximate surface area is 162 Å². The van der Waals surface area contributed by atoms with Gasteiger partial charge in [-0.3, -0.25) is 15.1 Å². The predicted molar refractivity (Wildman–Crippen MR) is 105 cm³/mol. The number of hydrazine groups is 1. The molecule has 0 bridgehead atoms. The third-order valence-electron chi connectivity index (χ3n) is 5.15. The van der Waals surface area contributed by atoms with Gasteiger partial charge < -0.3 is 4.90 Å². The summed E-state index contributed by atoms with van der Waals surface area (Å²) in [4.78, 5) is 18.8.